The molecule has 0 saturated heterocycles. The summed E-state index contributed by atoms with van der Waals surface area (Å²) < 4.78 is 65.4. The third-order valence-corrected chi connectivity index (χ3v) is 8.10. The highest BCUT2D eigenvalue weighted by Gasteiger charge is 2.27. The number of rotatable bonds is 5. The molecule has 0 aromatic heterocycles. The Hall–Kier alpha value is -2.46. The Kier molecular flexibility index (Phi) is 5.07. The van der Waals surface area contributed by atoms with Gasteiger partial charge in [-0.15, -0.1) is 0 Å². The van der Waals surface area contributed by atoms with Crippen LogP contribution in [0.25, 0.3) is 0 Å². The van der Waals surface area contributed by atoms with Gasteiger partial charge in [0.15, 0.2) is 11.5 Å². The molecule has 0 spiro atoms. The maximum absolute atomic E-state index is 12.9. The molecule has 29 heavy (non-hydrogen) atoms. The highest BCUT2D eigenvalue weighted by Crippen LogP contribution is 2.35. The van der Waals surface area contributed by atoms with E-state index in [1.165, 1.54) is 16.4 Å². The van der Waals surface area contributed by atoms with Crippen LogP contribution in [0.5, 0.6) is 11.5 Å². The first-order chi connectivity index (χ1) is 13.8. The van der Waals surface area contributed by atoms with Gasteiger partial charge in [-0.25, -0.2) is 16.8 Å². The average molecular weight is 439 g/mol. The monoisotopic (exact) mass is 438 g/mol. The summed E-state index contributed by atoms with van der Waals surface area (Å²) in [7, 11) is -7.32. The van der Waals surface area contributed by atoms with Gasteiger partial charge in [0.25, 0.3) is 10.0 Å². The highest BCUT2D eigenvalue weighted by atomic mass is 32.2. The van der Waals surface area contributed by atoms with Crippen LogP contribution in [0.4, 0.5) is 11.4 Å². The minimum atomic E-state index is -3.89. The summed E-state index contributed by atoms with van der Waals surface area (Å²) in [6, 6.07) is 9.43. The van der Waals surface area contributed by atoms with E-state index in [0.717, 1.165) is 18.4 Å². The van der Waals surface area contributed by atoms with Crippen molar-refractivity contribution in [1.29, 1.82) is 0 Å². The van der Waals surface area contributed by atoms with Gasteiger partial charge in [0.1, 0.15) is 13.2 Å². The van der Waals surface area contributed by atoms with E-state index in [4.69, 9.17) is 9.47 Å². The van der Waals surface area contributed by atoms with Gasteiger partial charge in [-0.3, -0.25) is 9.03 Å². The summed E-state index contributed by atoms with van der Waals surface area (Å²) in [5.41, 5.74) is 1.72. The highest BCUT2D eigenvalue weighted by molar-refractivity contribution is 7.93. The first-order valence-electron chi connectivity index (χ1n) is 9.36. The van der Waals surface area contributed by atoms with Gasteiger partial charge >= 0.3 is 0 Å². The fourth-order valence-electron chi connectivity index (χ4n) is 3.45. The molecule has 2 aliphatic heterocycles. The Morgan fingerprint density at radius 1 is 1.00 bits per heavy atom. The quantitative estimate of drug-likeness (QED) is 0.769. The van der Waals surface area contributed by atoms with Crippen molar-refractivity contribution >= 4 is 31.4 Å². The Bertz CT molecular complexity index is 1150. The molecule has 10 heteroatoms. The van der Waals surface area contributed by atoms with E-state index in [2.05, 4.69) is 4.72 Å². The van der Waals surface area contributed by atoms with E-state index in [0.29, 0.717) is 42.6 Å². The lowest BCUT2D eigenvalue weighted by Crippen LogP contribution is -2.36. The summed E-state index contributed by atoms with van der Waals surface area (Å²) >= 11 is 0. The third-order valence-electron chi connectivity index (χ3n) is 4.94. The van der Waals surface area contributed by atoms with Gasteiger partial charge in [0, 0.05) is 12.6 Å². The zero-order valence-corrected chi connectivity index (χ0v) is 17.6. The van der Waals surface area contributed by atoms with E-state index in [9.17, 15) is 16.8 Å². The minimum absolute atomic E-state index is 0.0143. The Morgan fingerprint density at radius 3 is 2.52 bits per heavy atom. The van der Waals surface area contributed by atoms with Crippen LogP contribution in [-0.2, 0) is 26.5 Å². The van der Waals surface area contributed by atoms with Crippen molar-refractivity contribution in [3.8, 4) is 11.5 Å². The lowest BCUT2D eigenvalue weighted by Gasteiger charge is -2.30. The molecule has 2 heterocycles. The molecule has 2 aliphatic rings. The Morgan fingerprint density at radius 2 is 1.76 bits per heavy atom. The predicted octanol–water partition coefficient (Wildman–Crippen LogP) is 2.36. The molecule has 4 rings (SSSR count). The molecule has 0 unspecified atom stereocenters. The summed E-state index contributed by atoms with van der Waals surface area (Å²) in [4.78, 5) is 0.0394. The molecule has 0 fully saturated rings. The van der Waals surface area contributed by atoms with E-state index in [-0.39, 0.29) is 10.6 Å². The molecule has 0 atom stereocenters. The number of ether oxygens (including phenoxy) is 2. The molecule has 1 N–H and O–H groups in total. The van der Waals surface area contributed by atoms with Crippen LogP contribution in [0.1, 0.15) is 18.9 Å². The smallest absolute Gasteiger partial charge is 0.262 e. The number of anilines is 2. The summed E-state index contributed by atoms with van der Waals surface area (Å²) in [6.45, 7) is 2.76. The summed E-state index contributed by atoms with van der Waals surface area (Å²) in [6.07, 6.45) is 1.48. The molecule has 0 saturated carbocycles. The first kappa shape index (κ1) is 19.8. The number of nitrogens with zero attached hydrogens (tertiary/aromatic N) is 1. The van der Waals surface area contributed by atoms with Crippen molar-refractivity contribution < 1.29 is 26.3 Å². The normalized spacial score (nSPS) is 16.2. The summed E-state index contributed by atoms with van der Waals surface area (Å²) in [5.74, 6) is 0.869. The van der Waals surface area contributed by atoms with E-state index < -0.39 is 20.0 Å². The largest absolute Gasteiger partial charge is 0.486 e. The SMILES string of the molecule is CCS(=O)(=O)N1CCCc2ccc(NS(=O)(=O)c3ccc4c(c3)OCCO4)cc21. The topological polar surface area (TPSA) is 102 Å². The van der Waals surface area contributed by atoms with Crippen molar-refractivity contribution in [3.05, 3.63) is 42.0 Å². The Labute approximate surface area is 170 Å². The fourth-order valence-corrected chi connectivity index (χ4v) is 5.71. The third kappa shape index (κ3) is 3.86. The molecule has 156 valence electrons. The van der Waals surface area contributed by atoms with Gasteiger partial charge in [0.05, 0.1) is 22.0 Å². The fraction of sp³-hybridized carbons (Fsp3) is 0.368. The molecule has 0 amide bonds. The molecule has 0 bridgehead atoms. The van der Waals surface area contributed by atoms with Crippen molar-refractivity contribution in [2.45, 2.75) is 24.7 Å². The second-order valence-electron chi connectivity index (χ2n) is 6.83. The van der Waals surface area contributed by atoms with Crippen LogP contribution < -0.4 is 18.5 Å². The van der Waals surface area contributed by atoms with E-state index in [1.54, 1.807) is 31.2 Å². The standard InChI is InChI=1S/C19H22N2O6S2/c1-2-28(22,23)21-9-3-4-14-5-6-15(12-17(14)21)20-29(24,25)16-7-8-18-19(13-16)27-11-10-26-18/h5-8,12-13,20H,2-4,9-11H2,1H3. The van der Waals surface area contributed by atoms with Crippen LogP contribution in [0.3, 0.4) is 0 Å². The molecular weight excluding hydrogens is 416 g/mol. The van der Waals surface area contributed by atoms with E-state index >= 15 is 0 Å². The molecule has 2 aromatic rings. The van der Waals surface area contributed by atoms with Crippen molar-refractivity contribution in [2.75, 3.05) is 34.5 Å². The van der Waals surface area contributed by atoms with Gasteiger partial charge in [-0.1, -0.05) is 6.07 Å². The molecule has 2 aromatic carbocycles. The molecular formula is C19H22N2O6S2. The van der Waals surface area contributed by atoms with E-state index in [1.807, 2.05) is 0 Å². The molecule has 8 nitrogen and oxygen atoms in total. The van der Waals surface area contributed by atoms with Gasteiger partial charge < -0.3 is 9.47 Å². The second kappa shape index (κ2) is 7.42. The maximum atomic E-state index is 12.9. The van der Waals surface area contributed by atoms with Gasteiger partial charge in [-0.05, 0) is 49.6 Å². The van der Waals surface area contributed by atoms with Gasteiger partial charge in [-0.2, -0.15) is 0 Å². The van der Waals surface area contributed by atoms with Crippen LogP contribution in [0.15, 0.2) is 41.3 Å². The second-order valence-corrected chi connectivity index (χ2v) is 10.7. The summed E-state index contributed by atoms with van der Waals surface area (Å²) in [5, 5.41) is 0. The van der Waals surface area contributed by atoms with Crippen molar-refractivity contribution in [3.63, 3.8) is 0 Å². The van der Waals surface area contributed by atoms with Crippen LogP contribution in [0, 0.1) is 0 Å². The maximum Gasteiger partial charge on any atom is 0.262 e. The number of aryl methyl sites for hydroxylation is 1. The van der Waals surface area contributed by atoms with Crippen molar-refractivity contribution in [2.24, 2.45) is 0 Å². The average Bonchev–Trinajstić information content (AvgIpc) is 2.72. The number of sulfonamides is 2. The number of benzene rings is 2. The number of nitrogens with one attached hydrogen (secondary N) is 1. The zero-order chi connectivity index (χ0) is 20.6. The molecule has 0 radical (unpaired) electrons. The van der Waals surface area contributed by atoms with Crippen molar-refractivity contribution in [1.82, 2.24) is 0 Å². The number of hydrogen-bond acceptors (Lipinski definition) is 6. The number of fused-ring (bicyclic) bond motifs is 2. The van der Waals surface area contributed by atoms with Crippen LogP contribution in [-0.4, -0.2) is 42.3 Å². The van der Waals surface area contributed by atoms with Gasteiger partial charge in [0.2, 0.25) is 10.0 Å². The van der Waals surface area contributed by atoms with Crippen LogP contribution >= 0.6 is 0 Å². The minimum Gasteiger partial charge on any atom is -0.486 e. The zero-order valence-electron chi connectivity index (χ0n) is 15.9. The first-order valence-corrected chi connectivity index (χ1v) is 12.5. The predicted molar refractivity (Wildman–Crippen MR) is 110 cm³/mol. The van der Waals surface area contributed by atoms with Crippen LogP contribution in [0.2, 0.25) is 0 Å². The lowest BCUT2D eigenvalue weighted by atomic mass is 10.0. The lowest BCUT2D eigenvalue weighted by molar-refractivity contribution is 0.171. The Balaban J connectivity index is 1.65. The number of hydrogen-bond donors (Lipinski definition) is 1. The molecule has 0 aliphatic carbocycles.